The Labute approximate surface area is 238 Å². The van der Waals surface area contributed by atoms with E-state index in [0.717, 1.165) is 26.9 Å². The Kier molecular flexibility index (Phi) is 8.93. The topological polar surface area (TPSA) is 67.2 Å². The SMILES string of the molecule is CN(C(=O)c1cc(C(F)(F)F)cc(C(F)(F)F)c1)C(CCC(=O)NCc1ccncc1)Cc1cn(C)c2ccccc12. The maximum absolute atomic E-state index is 13.5. The molecule has 0 saturated heterocycles. The van der Waals surface area contributed by atoms with Gasteiger partial charge in [0.2, 0.25) is 5.91 Å². The Morgan fingerprint density at radius 2 is 1.57 bits per heavy atom. The number of nitrogens with zero attached hydrogens (tertiary/aromatic N) is 3. The van der Waals surface area contributed by atoms with E-state index in [4.69, 9.17) is 0 Å². The van der Waals surface area contributed by atoms with Crippen molar-refractivity contribution in [2.24, 2.45) is 7.05 Å². The summed E-state index contributed by atoms with van der Waals surface area (Å²) in [6.07, 6.45) is -4.88. The Hall–Kier alpha value is -4.35. The molecule has 2 amide bonds. The lowest BCUT2D eigenvalue weighted by Gasteiger charge is -2.29. The van der Waals surface area contributed by atoms with Gasteiger partial charge in [-0.05, 0) is 60.4 Å². The highest BCUT2D eigenvalue weighted by atomic mass is 19.4. The van der Waals surface area contributed by atoms with Crippen molar-refractivity contribution >= 4 is 22.7 Å². The van der Waals surface area contributed by atoms with Crippen molar-refractivity contribution in [3.8, 4) is 0 Å². The van der Waals surface area contributed by atoms with E-state index in [-0.39, 0.29) is 37.8 Å². The van der Waals surface area contributed by atoms with Gasteiger partial charge in [0.15, 0.2) is 0 Å². The first kappa shape index (κ1) is 30.6. The first-order valence-electron chi connectivity index (χ1n) is 13.0. The summed E-state index contributed by atoms with van der Waals surface area (Å²) in [5, 5.41) is 3.66. The Morgan fingerprint density at radius 1 is 0.952 bits per heavy atom. The van der Waals surface area contributed by atoms with Crippen molar-refractivity contribution in [3.63, 3.8) is 0 Å². The number of nitrogens with one attached hydrogen (secondary N) is 1. The molecule has 1 atom stereocenters. The van der Waals surface area contributed by atoms with Crippen molar-refractivity contribution in [1.29, 1.82) is 0 Å². The number of aromatic nitrogens is 2. The normalized spacial score (nSPS) is 12.8. The second-order valence-electron chi connectivity index (χ2n) is 10.0. The van der Waals surface area contributed by atoms with Gasteiger partial charge in [-0.1, -0.05) is 18.2 Å². The number of carbonyl (C=O) groups excluding carboxylic acids is 2. The Balaban J connectivity index is 1.62. The lowest BCUT2D eigenvalue weighted by molar-refractivity contribution is -0.143. The zero-order valence-electron chi connectivity index (χ0n) is 22.8. The predicted octanol–water partition coefficient (Wildman–Crippen LogP) is 6.39. The van der Waals surface area contributed by atoms with Crippen LogP contribution in [0.2, 0.25) is 0 Å². The summed E-state index contributed by atoms with van der Waals surface area (Å²) in [7, 11) is 3.16. The molecular formula is C30H28F6N4O2. The van der Waals surface area contributed by atoms with E-state index in [2.05, 4.69) is 10.3 Å². The number of pyridine rings is 1. The van der Waals surface area contributed by atoms with Crippen LogP contribution in [-0.2, 0) is 37.2 Å². The van der Waals surface area contributed by atoms with Gasteiger partial charge in [-0.15, -0.1) is 0 Å². The van der Waals surface area contributed by atoms with Crippen LogP contribution < -0.4 is 5.32 Å². The molecule has 0 spiro atoms. The largest absolute Gasteiger partial charge is 0.416 e. The second-order valence-corrected chi connectivity index (χ2v) is 10.0. The van der Waals surface area contributed by atoms with Crippen LogP contribution >= 0.6 is 0 Å². The number of hydrogen-bond donors (Lipinski definition) is 1. The lowest BCUT2D eigenvalue weighted by Crippen LogP contribution is -2.39. The number of hydrogen-bond acceptors (Lipinski definition) is 3. The highest BCUT2D eigenvalue weighted by molar-refractivity contribution is 5.95. The van der Waals surface area contributed by atoms with E-state index in [1.165, 1.54) is 7.05 Å². The number of aryl methyl sites for hydroxylation is 1. The van der Waals surface area contributed by atoms with Gasteiger partial charge < -0.3 is 14.8 Å². The molecule has 1 unspecified atom stereocenters. The number of benzene rings is 2. The van der Waals surface area contributed by atoms with Gasteiger partial charge in [0, 0.05) is 68.2 Å². The third-order valence-corrected chi connectivity index (χ3v) is 7.08. The molecule has 6 nitrogen and oxygen atoms in total. The van der Waals surface area contributed by atoms with Crippen LogP contribution in [-0.4, -0.2) is 39.4 Å². The average Bonchev–Trinajstić information content (AvgIpc) is 3.27. The number of para-hydroxylation sites is 1. The number of carbonyl (C=O) groups is 2. The number of amides is 2. The van der Waals surface area contributed by atoms with Gasteiger partial charge in [-0.2, -0.15) is 26.3 Å². The van der Waals surface area contributed by atoms with Gasteiger partial charge >= 0.3 is 12.4 Å². The van der Waals surface area contributed by atoms with Crippen molar-refractivity contribution in [1.82, 2.24) is 19.8 Å². The van der Waals surface area contributed by atoms with E-state index in [0.29, 0.717) is 12.1 Å². The van der Waals surface area contributed by atoms with Crippen LogP contribution in [0.15, 0.2) is 73.2 Å². The quantitative estimate of drug-likeness (QED) is 0.230. The van der Waals surface area contributed by atoms with Gasteiger partial charge in [0.05, 0.1) is 11.1 Å². The van der Waals surface area contributed by atoms with E-state index >= 15 is 0 Å². The smallest absolute Gasteiger partial charge is 0.352 e. The van der Waals surface area contributed by atoms with Gasteiger partial charge in [-0.25, -0.2) is 0 Å². The molecule has 0 fully saturated rings. The van der Waals surface area contributed by atoms with E-state index in [1.54, 1.807) is 24.5 Å². The fourth-order valence-corrected chi connectivity index (χ4v) is 4.81. The highest BCUT2D eigenvalue weighted by Crippen LogP contribution is 2.37. The van der Waals surface area contributed by atoms with Gasteiger partial charge in [-0.3, -0.25) is 14.6 Å². The number of alkyl halides is 6. The fourth-order valence-electron chi connectivity index (χ4n) is 4.81. The van der Waals surface area contributed by atoms with Crippen molar-refractivity contribution in [3.05, 3.63) is 101 Å². The summed E-state index contributed by atoms with van der Waals surface area (Å²) >= 11 is 0. The molecule has 0 aliphatic heterocycles. The average molecular weight is 591 g/mol. The summed E-state index contributed by atoms with van der Waals surface area (Å²) in [5.74, 6) is -1.34. The minimum Gasteiger partial charge on any atom is -0.352 e. The molecule has 0 aliphatic rings. The summed E-state index contributed by atoms with van der Waals surface area (Å²) < 4.78 is 82.6. The van der Waals surface area contributed by atoms with Crippen LogP contribution in [0.3, 0.4) is 0 Å². The van der Waals surface area contributed by atoms with Crippen LogP contribution in [0, 0.1) is 0 Å². The number of fused-ring (bicyclic) bond motifs is 1. The molecule has 2 aromatic carbocycles. The first-order valence-corrected chi connectivity index (χ1v) is 13.0. The van der Waals surface area contributed by atoms with E-state index in [1.807, 2.05) is 42.1 Å². The van der Waals surface area contributed by atoms with Crippen molar-refractivity contribution in [2.75, 3.05) is 7.05 Å². The number of halogens is 6. The van der Waals surface area contributed by atoms with Gasteiger partial charge in [0.25, 0.3) is 5.91 Å². The van der Waals surface area contributed by atoms with Crippen LogP contribution in [0.25, 0.3) is 10.9 Å². The van der Waals surface area contributed by atoms with Crippen LogP contribution in [0.1, 0.15) is 45.5 Å². The summed E-state index contributed by atoms with van der Waals surface area (Å²) in [5.41, 5.74) is -1.35. The molecule has 1 N–H and O–H groups in total. The zero-order valence-corrected chi connectivity index (χ0v) is 22.8. The maximum atomic E-state index is 13.5. The molecule has 4 rings (SSSR count). The molecule has 4 aromatic rings. The third-order valence-electron chi connectivity index (χ3n) is 7.08. The molecule has 2 aromatic heterocycles. The second kappa shape index (κ2) is 12.3. The van der Waals surface area contributed by atoms with Crippen LogP contribution in [0.5, 0.6) is 0 Å². The Bertz CT molecular complexity index is 1530. The molecule has 2 heterocycles. The minimum absolute atomic E-state index is 0.0164. The highest BCUT2D eigenvalue weighted by Gasteiger charge is 2.38. The maximum Gasteiger partial charge on any atom is 0.416 e. The molecule has 222 valence electrons. The minimum atomic E-state index is -5.09. The molecule has 0 aliphatic carbocycles. The summed E-state index contributed by atoms with van der Waals surface area (Å²) in [6, 6.07) is 11.1. The van der Waals surface area contributed by atoms with Crippen molar-refractivity contribution < 1.29 is 35.9 Å². The predicted molar refractivity (Wildman–Crippen MR) is 144 cm³/mol. The standard InChI is InChI=1S/C30H28F6N4O2/c1-39-18-21(25-5-3-4-6-26(25)39)15-24(7-8-27(41)38-17-19-9-11-37-12-10-19)40(2)28(42)20-13-22(29(31,32)33)16-23(14-20)30(34,35)36/h3-6,9-14,16,18,24H,7-8,15,17H2,1-2H3,(H,38,41). The molecule has 42 heavy (non-hydrogen) atoms. The Morgan fingerprint density at radius 3 is 2.19 bits per heavy atom. The molecule has 0 bridgehead atoms. The van der Waals surface area contributed by atoms with E-state index < -0.39 is 41.0 Å². The lowest BCUT2D eigenvalue weighted by atomic mass is 9.98. The summed E-state index contributed by atoms with van der Waals surface area (Å²) in [4.78, 5) is 31.2. The molecule has 12 heteroatoms. The number of likely N-dealkylation sites (N-methyl/N-ethyl adjacent to an activating group) is 1. The monoisotopic (exact) mass is 590 g/mol. The molecule has 0 radical (unpaired) electrons. The van der Waals surface area contributed by atoms with Gasteiger partial charge in [0.1, 0.15) is 0 Å². The first-order chi connectivity index (χ1) is 19.7. The zero-order chi connectivity index (χ0) is 30.7. The molecular weight excluding hydrogens is 562 g/mol. The molecule has 0 saturated carbocycles. The third kappa shape index (κ3) is 7.29. The van der Waals surface area contributed by atoms with E-state index in [9.17, 15) is 35.9 Å². The van der Waals surface area contributed by atoms with Crippen LogP contribution in [0.4, 0.5) is 26.3 Å². The number of rotatable bonds is 9. The summed E-state index contributed by atoms with van der Waals surface area (Å²) in [6.45, 7) is 0.245. The van der Waals surface area contributed by atoms with Crippen molar-refractivity contribution in [2.45, 2.75) is 44.2 Å². The fraction of sp³-hybridized carbons (Fsp3) is 0.300.